The minimum absolute atomic E-state index is 0.0716. The van der Waals surface area contributed by atoms with Crippen LogP contribution in [0.4, 0.5) is 0 Å². The van der Waals surface area contributed by atoms with Crippen molar-refractivity contribution in [1.82, 2.24) is 0 Å². The van der Waals surface area contributed by atoms with Crippen LogP contribution < -0.4 is 15.2 Å². The maximum atomic E-state index is 12.2. The number of hydrogen-bond acceptors (Lipinski definition) is 4. The van der Waals surface area contributed by atoms with Crippen LogP contribution in [0.25, 0.3) is 0 Å². The molecule has 0 radical (unpaired) electrons. The van der Waals surface area contributed by atoms with E-state index < -0.39 is 5.54 Å². The number of nitrogens with two attached hydrogens (primary N) is 1. The highest BCUT2D eigenvalue weighted by Crippen LogP contribution is 2.42. The minimum atomic E-state index is -0.693. The zero-order valence-electron chi connectivity index (χ0n) is 9.75. The van der Waals surface area contributed by atoms with Gasteiger partial charge in [0.15, 0.2) is 5.78 Å². The smallest absolute Gasteiger partial charge is 0.186 e. The zero-order valence-corrected chi connectivity index (χ0v) is 11.3. The van der Waals surface area contributed by atoms with Crippen molar-refractivity contribution in [2.75, 3.05) is 14.2 Å². The monoisotopic (exact) mass is 299 g/mol. The molecular formula is C12H14BrNO3. The van der Waals surface area contributed by atoms with Crippen LogP contribution in [0.15, 0.2) is 16.6 Å². The molecule has 1 saturated carbocycles. The summed E-state index contributed by atoms with van der Waals surface area (Å²) in [5.74, 6) is 1.03. The Balaban J connectivity index is 2.47. The standard InChI is InChI=1S/C12H14BrNO3/c1-16-8-4-3-7(10(17-2)9(8)13)11(15)12(14)5-6-12/h3-4H,5-6,14H2,1-2H3. The fourth-order valence-electron chi connectivity index (χ4n) is 1.70. The molecule has 1 aromatic rings. The summed E-state index contributed by atoms with van der Waals surface area (Å²) >= 11 is 3.36. The van der Waals surface area contributed by atoms with Crippen LogP contribution in [0, 0.1) is 0 Å². The summed E-state index contributed by atoms with van der Waals surface area (Å²) in [6.45, 7) is 0. The first-order chi connectivity index (χ1) is 8.03. The molecule has 0 unspecified atom stereocenters. The summed E-state index contributed by atoms with van der Waals surface area (Å²) in [6, 6.07) is 3.42. The third-order valence-electron chi connectivity index (χ3n) is 2.97. The van der Waals surface area contributed by atoms with Crippen LogP contribution in [0.1, 0.15) is 23.2 Å². The van der Waals surface area contributed by atoms with Crippen molar-refractivity contribution in [3.63, 3.8) is 0 Å². The molecule has 4 nitrogen and oxygen atoms in total. The van der Waals surface area contributed by atoms with Crippen molar-refractivity contribution in [3.8, 4) is 11.5 Å². The Morgan fingerprint density at radius 1 is 1.35 bits per heavy atom. The third kappa shape index (κ3) is 2.05. The van der Waals surface area contributed by atoms with Crippen LogP contribution in [0.3, 0.4) is 0 Å². The summed E-state index contributed by atoms with van der Waals surface area (Å²) in [5.41, 5.74) is 5.72. The normalized spacial score (nSPS) is 16.5. The molecular weight excluding hydrogens is 286 g/mol. The molecule has 0 bridgehead atoms. The number of carbonyl (C=O) groups is 1. The van der Waals surface area contributed by atoms with Crippen LogP contribution >= 0.6 is 15.9 Å². The SMILES string of the molecule is COc1ccc(C(=O)C2(N)CC2)c(OC)c1Br. The highest BCUT2D eigenvalue weighted by atomic mass is 79.9. The Bertz CT molecular complexity index is 469. The van der Waals surface area contributed by atoms with Crippen LogP contribution in [0.2, 0.25) is 0 Å². The predicted molar refractivity (Wildman–Crippen MR) is 67.7 cm³/mol. The largest absolute Gasteiger partial charge is 0.495 e. The fourth-order valence-corrected chi connectivity index (χ4v) is 2.37. The van der Waals surface area contributed by atoms with Gasteiger partial charge in [-0.25, -0.2) is 0 Å². The van der Waals surface area contributed by atoms with Crippen molar-refractivity contribution >= 4 is 21.7 Å². The molecule has 0 aromatic heterocycles. The van der Waals surface area contributed by atoms with Crippen LogP contribution in [0.5, 0.6) is 11.5 Å². The van der Waals surface area contributed by atoms with E-state index in [0.29, 0.717) is 21.5 Å². The van der Waals surface area contributed by atoms with E-state index >= 15 is 0 Å². The van der Waals surface area contributed by atoms with Crippen LogP contribution in [-0.2, 0) is 0 Å². The summed E-state index contributed by atoms with van der Waals surface area (Å²) in [4.78, 5) is 12.2. The van der Waals surface area contributed by atoms with E-state index in [0.717, 1.165) is 12.8 Å². The molecule has 0 saturated heterocycles. The molecule has 5 heteroatoms. The molecule has 1 aromatic carbocycles. The third-order valence-corrected chi connectivity index (χ3v) is 3.72. The van der Waals surface area contributed by atoms with Gasteiger partial charge in [-0.15, -0.1) is 0 Å². The number of Topliss-reactive ketones (excluding diaryl/α,β-unsaturated/α-hetero) is 1. The Morgan fingerprint density at radius 2 is 2.00 bits per heavy atom. The van der Waals surface area contributed by atoms with E-state index in [-0.39, 0.29) is 5.78 Å². The second-order valence-electron chi connectivity index (χ2n) is 4.15. The van der Waals surface area contributed by atoms with E-state index in [9.17, 15) is 4.79 Å². The number of rotatable bonds is 4. The van der Waals surface area contributed by atoms with Gasteiger partial charge in [0.1, 0.15) is 16.0 Å². The minimum Gasteiger partial charge on any atom is -0.495 e. The first kappa shape index (κ1) is 12.4. The maximum absolute atomic E-state index is 12.2. The Hall–Kier alpha value is -1.07. The maximum Gasteiger partial charge on any atom is 0.186 e. The van der Waals surface area contributed by atoms with E-state index in [4.69, 9.17) is 15.2 Å². The van der Waals surface area contributed by atoms with E-state index in [1.54, 1.807) is 19.2 Å². The molecule has 92 valence electrons. The summed E-state index contributed by atoms with van der Waals surface area (Å²) in [6.07, 6.45) is 1.47. The molecule has 17 heavy (non-hydrogen) atoms. The van der Waals surface area contributed by atoms with Gasteiger partial charge in [-0.3, -0.25) is 4.79 Å². The molecule has 0 heterocycles. The lowest BCUT2D eigenvalue weighted by atomic mass is 10.0. The van der Waals surface area contributed by atoms with Crippen molar-refractivity contribution in [2.45, 2.75) is 18.4 Å². The van der Waals surface area contributed by atoms with E-state index in [1.807, 2.05) is 0 Å². The lowest BCUT2D eigenvalue weighted by molar-refractivity contribution is 0.0946. The van der Waals surface area contributed by atoms with Gasteiger partial charge in [0.2, 0.25) is 0 Å². The topological polar surface area (TPSA) is 61.5 Å². The van der Waals surface area contributed by atoms with Gasteiger partial charge in [0.05, 0.1) is 25.3 Å². The zero-order chi connectivity index (χ0) is 12.6. The number of ether oxygens (including phenoxy) is 2. The average Bonchev–Trinajstić information content (AvgIpc) is 3.07. The fraction of sp³-hybridized carbons (Fsp3) is 0.417. The van der Waals surface area contributed by atoms with Crippen molar-refractivity contribution in [3.05, 3.63) is 22.2 Å². The number of halogens is 1. The molecule has 2 N–H and O–H groups in total. The van der Waals surface area contributed by atoms with Gasteiger partial charge < -0.3 is 15.2 Å². The number of methoxy groups -OCH3 is 2. The molecule has 1 aliphatic rings. The molecule has 0 amide bonds. The van der Waals surface area contributed by atoms with Crippen molar-refractivity contribution in [1.29, 1.82) is 0 Å². The number of benzene rings is 1. The van der Waals surface area contributed by atoms with Gasteiger partial charge >= 0.3 is 0 Å². The molecule has 0 spiro atoms. The van der Waals surface area contributed by atoms with Crippen molar-refractivity contribution < 1.29 is 14.3 Å². The van der Waals surface area contributed by atoms with Gasteiger partial charge in [0, 0.05) is 0 Å². The average molecular weight is 300 g/mol. The lowest BCUT2D eigenvalue weighted by Gasteiger charge is -2.15. The Kier molecular flexibility index (Phi) is 3.14. The highest BCUT2D eigenvalue weighted by Gasteiger charge is 2.47. The molecule has 0 atom stereocenters. The van der Waals surface area contributed by atoms with Crippen LogP contribution in [-0.4, -0.2) is 25.5 Å². The summed E-state index contributed by atoms with van der Waals surface area (Å²) in [5, 5.41) is 0. The van der Waals surface area contributed by atoms with E-state index in [1.165, 1.54) is 7.11 Å². The second kappa shape index (κ2) is 4.31. The molecule has 1 fully saturated rings. The highest BCUT2D eigenvalue weighted by molar-refractivity contribution is 9.10. The first-order valence-electron chi connectivity index (χ1n) is 5.27. The van der Waals surface area contributed by atoms with Gasteiger partial charge in [-0.2, -0.15) is 0 Å². The lowest BCUT2D eigenvalue weighted by Crippen LogP contribution is -2.33. The molecule has 1 aliphatic carbocycles. The second-order valence-corrected chi connectivity index (χ2v) is 4.94. The van der Waals surface area contributed by atoms with Crippen molar-refractivity contribution in [2.24, 2.45) is 5.73 Å². The van der Waals surface area contributed by atoms with Gasteiger partial charge in [-0.05, 0) is 40.9 Å². The molecule has 0 aliphatic heterocycles. The quantitative estimate of drug-likeness (QED) is 0.865. The predicted octanol–water partition coefficient (Wildman–Crippen LogP) is 2.14. The Morgan fingerprint density at radius 3 is 2.47 bits per heavy atom. The number of ketones is 1. The first-order valence-corrected chi connectivity index (χ1v) is 6.07. The Labute approximate surface area is 108 Å². The summed E-state index contributed by atoms with van der Waals surface area (Å²) < 4.78 is 11.1. The number of carbonyl (C=O) groups excluding carboxylic acids is 1. The number of hydrogen-bond donors (Lipinski definition) is 1. The van der Waals surface area contributed by atoms with E-state index in [2.05, 4.69) is 15.9 Å². The van der Waals surface area contributed by atoms with Gasteiger partial charge in [0.25, 0.3) is 0 Å². The summed E-state index contributed by atoms with van der Waals surface area (Å²) in [7, 11) is 3.08. The van der Waals surface area contributed by atoms with Gasteiger partial charge in [-0.1, -0.05) is 0 Å². The molecule has 2 rings (SSSR count).